The van der Waals surface area contributed by atoms with Gasteiger partial charge in [-0.15, -0.1) is 0 Å². The lowest BCUT2D eigenvalue weighted by Crippen LogP contribution is -2.31. The molecule has 2 N–H and O–H groups in total. The van der Waals surface area contributed by atoms with Crippen LogP contribution in [0.25, 0.3) is 0 Å². The fourth-order valence-corrected chi connectivity index (χ4v) is 3.13. The monoisotopic (exact) mass is 341 g/mol. The Morgan fingerprint density at radius 3 is 2.76 bits per heavy atom. The van der Waals surface area contributed by atoms with Crippen molar-refractivity contribution in [2.75, 3.05) is 27.2 Å². The molecule has 1 aliphatic heterocycles. The quantitative estimate of drug-likeness (QED) is 0.841. The van der Waals surface area contributed by atoms with Gasteiger partial charge in [0.2, 0.25) is 0 Å². The van der Waals surface area contributed by atoms with Crippen molar-refractivity contribution in [2.24, 2.45) is 0 Å². The molecule has 1 atom stereocenters. The molecular formula is C19H27N5O. The topological polar surface area (TPSA) is 62.2 Å². The normalized spacial score (nSPS) is 17.6. The predicted molar refractivity (Wildman–Crippen MR) is 98.4 cm³/mol. The molecule has 1 aliphatic rings. The first kappa shape index (κ1) is 17.6. The van der Waals surface area contributed by atoms with Crippen LogP contribution < -0.4 is 10.6 Å². The van der Waals surface area contributed by atoms with Crippen LogP contribution in [0.3, 0.4) is 0 Å². The second kappa shape index (κ2) is 8.27. The second-order valence-electron chi connectivity index (χ2n) is 6.95. The molecular weight excluding hydrogens is 314 g/mol. The number of carbonyl (C=O) groups excluding carboxylic acids is 1. The first-order valence-electron chi connectivity index (χ1n) is 8.87. The van der Waals surface area contributed by atoms with Crippen molar-refractivity contribution in [3.63, 3.8) is 0 Å². The smallest absolute Gasteiger partial charge is 0.254 e. The highest BCUT2D eigenvalue weighted by atomic mass is 16.1. The predicted octanol–water partition coefficient (Wildman–Crippen LogP) is 1.80. The summed E-state index contributed by atoms with van der Waals surface area (Å²) in [7, 11) is 4.11. The van der Waals surface area contributed by atoms with Gasteiger partial charge in [-0.25, -0.2) is 0 Å². The standard InChI is InChI=1S/C19H27N5O/c1-23(2)13-16-7-5-15(6-8-16)10-21-19(25)17-11-22-24(14-17)18-4-3-9-20-12-18/h5-8,11,14,18,20H,3-4,9-10,12-13H2,1-2H3,(H,21,25). The molecule has 134 valence electrons. The number of aromatic nitrogens is 2. The van der Waals surface area contributed by atoms with Crippen LogP contribution >= 0.6 is 0 Å². The van der Waals surface area contributed by atoms with Crippen LogP contribution in [0.15, 0.2) is 36.7 Å². The molecule has 25 heavy (non-hydrogen) atoms. The Bertz CT molecular complexity index is 686. The molecule has 2 heterocycles. The lowest BCUT2D eigenvalue weighted by atomic mass is 10.1. The third kappa shape index (κ3) is 4.90. The summed E-state index contributed by atoms with van der Waals surface area (Å²) < 4.78 is 1.91. The van der Waals surface area contributed by atoms with Gasteiger partial charge in [0.05, 0.1) is 17.8 Å². The zero-order chi connectivity index (χ0) is 17.6. The van der Waals surface area contributed by atoms with Gasteiger partial charge in [-0.3, -0.25) is 9.48 Å². The molecule has 1 unspecified atom stereocenters. The van der Waals surface area contributed by atoms with Crippen molar-refractivity contribution in [1.82, 2.24) is 25.3 Å². The largest absolute Gasteiger partial charge is 0.348 e. The molecule has 0 spiro atoms. The Morgan fingerprint density at radius 2 is 2.08 bits per heavy atom. The maximum Gasteiger partial charge on any atom is 0.254 e. The van der Waals surface area contributed by atoms with Gasteiger partial charge in [0.15, 0.2) is 0 Å². The van der Waals surface area contributed by atoms with Crippen LogP contribution in [0.1, 0.15) is 40.4 Å². The average Bonchev–Trinajstić information content (AvgIpc) is 3.11. The van der Waals surface area contributed by atoms with Crippen molar-refractivity contribution in [3.8, 4) is 0 Å². The van der Waals surface area contributed by atoms with Crippen LogP contribution in [0.2, 0.25) is 0 Å². The van der Waals surface area contributed by atoms with Crippen molar-refractivity contribution in [1.29, 1.82) is 0 Å². The fourth-order valence-electron chi connectivity index (χ4n) is 3.13. The highest BCUT2D eigenvalue weighted by molar-refractivity contribution is 5.93. The minimum absolute atomic E-state index is 0.0765. The number of hydrogen-bond acceptors (Lipinski definition) is 4. The van der Waals surface area contributed by atoms with E-state index in [0.29, 0.717) is 18.2 Å². The highest BCUT2D eigenvalue weighted by Gasteiger charge is 2.17. The number of benzene rings is 1. The second-order valence-corrected chi connectivity index (χ2v) is 6.95. The Labute approximate surface area is 149 Å². The highest BCUT2D eigenvalue weighted by Crippen LogP contribution is 2.16. The van der Waals surface area contributed by atoms with Gasteiger partial charge in [-0.05, 0) is 44.6 Å². The summed E-state index contributed by atoms with van der Waals surface area (Å²) in [4.78, 5) is 14.5. The van der Waals surface area contributed by atoms with E-state index >= 15 is 0 Å². The van der Waals surface area contributed by atoms with E-state index in [9.17, 15) is 4.79 Å². The molecule has 0 aliphatic carbocycles. The summed E-state index contributed by atoms with van der Waals surface area (Å²) in [6, 6.07) is 8.69. The van der Waals surface area contributed by atoms with Crippen LogP contribution in [-0.4, -0.2) is 47.8 Å². The van der Waals surface area contributed by atoms with Crippen LogP contribution in [-0.2, 0) is 13.1 Å². The molecule has 1 saturated heterocycles. The summed E-state index contributed by atoms with van der Waals surface area (Å²) in [5.41, 5.74) is 2.98. The lowest BCUT2D eigenvalue weighted by molar-refractivity contribution is 0.0950. The molecule has 0 radical (unpaired) electrons. The molecule has 0 saturated carbocycles. The molecule has 1 amide bonds. The fraction of sp³-hybridized carbons (Fsp3) is 0.474. The zero-order valence-corrected chi connectivity index (χ0v) is 15.0. The Balaban J connectivity index is 1.53. The Morgan fingerprint density at radius 1 is 1.32 bits per heavy atom. The van der Waals surface area contributed by atoms with Crippen molar-refractivity contribution in [2.45, 2.75) is 32.0 Å². The van der Waals surface area contributed by atoms with E-state index in [2.05, 4.69) is 59.0 Å². The maximum atomic E-state index is 12.3. The SMILES string of the molecule is CN(C)Cc1ccc(CNC(=O)c2cnn(C3CCCNC3)c2)cc1. The summed E-state index contributed by atoms with van der Waals surface area (Å²) in [6.45, 7) is 3.43. The average molecular weight is 341 g/mol. The van der Waals surface area contributed by atoms with E-state index in [-0.39, 0.29) is 5.91 Å². The van der Waals surface area contributed by atoms with Gasteiger partial charge < -0.3 is 15.5 Å². The maximum absolute atomic E-state index is 12.3. The third-order valence-electron chi connectivity index (χ3n) is 4.48. The third-order valence-corrected chi connectivity index (χ3v) is 4.48. The Hall–Kier alpha value is -2.18. The summed E-state index contributed by atoms with van der Waals surface area (Å²) in [5.74, 6) is -0.0765. The minimum Gasteiger partial charge on any atom is -0.348 e. The Kier molecular flexibility index (Phi) is 5.83. The molecule has 6 nitrogen and oxygen atoms in total. The van der Waals surface area contributed by atoms with E-state index in [1.807, 2.05) is 10.9 Å². The van der Waals surface area contributed by atoms with Crippen LogP contribution in [0.4, 0.5) is 0 Å². The summed E-state index contributed by atoms with van der Waals surface area (Å²) in [6.07, 6.45) is 5.77. The lowest BCUT2D eigenvalue weighted by Gasteiger charge is -2.22. The van der Waals surface area contributed by atoms with Gasteiger partial charge in [0.1, 0.15) is 0 Å². The van der Waals surface area contributed by atoms with Gasteiger partial charge in [-0.2, -0.15) is 5.10 Å². The molecule has 2 aromatic rings. The van der Waals surface area contributed by atoms with E-state index < -0.39 is 0 Å². The van der Waals surface area contributed by atoms with Crippen molar-refractivity contribution in [3.05, 3.63) is 53.3 Å². The number of nitrogens with zero attached hydrogens (tertiary/aromatic N) is 3. The molecule has 1 aromatic heterocycles. The number of piperidine rings is 1. The zero-order valence-electron chi connectivity index (χ0n) is 15.0. The molecule has 0 bridgehead atoms. The number of carbonyl (C=O) groups is 1. The first-order chi connectivity index (χ1) is 12.1. The number of nitrogens with one attached hydrogen (secondary N) is 2. The van der Waals surface area contributed by atoms with Crippen LogP contribution in [0.5, 0.6) is 0 Å². The molecule has 1 fully saturated rings. The van der Waals surface area contributed by atoms with Crippen LogP contribution in [0, 0.1) is 0 Å². The van der Waals surface area contributed by atoms with Crippen molar-refractivity contribution >= 4 is 5.91 Å². The molecule has 1 aromatic carbocycles. The van der Waals surface area contributed by atoms with Gasteiger partial charge in [0.25, 0.3) is 5.91 Å². The van der Waals surface area contributed by atoms with E-state index in [1.165, 1.54) is 5.56 Å². The summed E-state index contributed by atoms with van der Waals surface area (Å²) >= 11 is 0. The molecule has 6 heteroatoms. The number of hydrogen-bond donors (Lipinski definition) is 2. The van der Waals surface area contributed by atoms with E-state index in [0.717, 1.165) is 38.0 Å². The van der Waals surface area contributed by atoms with Gasteiger partial charge in [-0.1, -0.05) is 24.3 Å². The number of amides is 1. The molecule has 3 rings (SSSR count). The first-order valence-corrected chi connectivity index (χ1v) is 8.87. The van der Waals surface area contributed by atoms with E-state index in [4.69, 9.17) is 0 Å². The number of rotatable bonds is 6. The van der Waals surface area contributed by atoms with E-state index in [1.54, 1.807) is 6.20 Å². The summed E-state index contributed by atoms with van der Waals surface area (Å²) in [5, 5.41) is 10.7. The van der Waals surface area contributed by atoms with Gasteiger partial charge in [0, 0.05) is 25.8 Å². The van der Waals surface area contributed by atoms with Gasteiger partial charge >= 0.3 is 0 Å². The minimum atomic E-state index is -0.0765. The van der Waals surface area contributed by atoms with Crippen molar-refractivity contribution < 1.29 is 4.79 Å².